The molecule has 1 aromatic rings. The van der Waals surface area contributed by atoms with Crippen molar-refractivity contribution >= 4 is 17.6 Å². The van der Waals surface area contributed by atoms with E-state index in [9.17, 15) is 9.90 Å². The summed E-state index contributed by atoms with van der Waals surface area (Å²) < 4.78 is 9.93. The number of rotatable bonds is 7. The van der Waals surface area contributed by atoms with Gasteiger partial charge < -0.3 is 19.9 Å². The molecule has 1 aromatic carbocycles. The number of benzene rings is 1. The number of carbonyl (C=O) groups is 1. The van der Waals surface area contributed by atoms with Gasteiger partial charge in [-0.15, -0.1) is 0 Å². The molecule has 0 aromatic heterocycles. The fraction of sp³-hybridized carbons (Fsp3) is 0.462. The number of ether oxygens (including phenoxy) is 2. The zero-order valence-electron chi connectivity index (χ0n) is 10.9. The summed E-state index contributed by atoms with van der Waals surface area (Å²) in [5, 5.41) is 13.1. The molecule has 0 aliphatic rings. The Morgan fingerprint density at radius 1 is 1.53 bits per heavy atom. The summed E-state index contributed by atoms with van der Waals surface area (Å²) in [5.74, 6) is 0.218. The van der Waals surface area contributed by atoms with E-state index in [0.717, 1.165) is 0 Å². The van der Waals surface area contributed by atoms with Gasteiger partial charge in [-0.3, -0.25) is 4.79 Å². The first-order valence-corrected chi connectivity index (χ1v) is 6.28. The van der Waals surface area contributed by atoms with Gasteiger partial charge in [-0.2, -0.15) is 0 Å². The number of esters is 1. The standard InChI is InChI=1S/C13H18ClNO4/c1-9(13(17)18-2)15-7-11(16)8-19-12-5-3-4-10(14)6-12/h3-6,9,11,15-16H,7-8H2,1-2H3. The maximum absolute atomic E-state index is 11.1. The van der Waals surface area contributed by atoms with Crippen molar-refractivity contribution in [3.63, 3.8) is 0 Å². The Balaban J connectivity index is 2.28. The summed E-state index contributed by atoms with van der Waals surface area (Å²) in [7, 11) is 1.32. The van der Waals surface area contributed by atoms with Gasteiger partial charge in [0, 0.05) is 11.6 Å². The minimum atomic E-state index is -0.730. The van der Waals surface area contributed by atoms with Crippen LogP contribution in [0.25, 0.3) is 0 Å². The van der Waals surface area contributed by atoms with Crippen LogP contribution in [0.2, 0.25) is 5.02 Å². The van der Waals surface area contributed by atoms with Crippen LogP contribution in [0.5, 0.6) is 5.75 Å². The Bertz CT molecular complexity index is 413. The van der Waals surface area contributed by atoms with Crippen LogP contribution in [0.15, 0.2) is 24.3 Å². The minimum Gasteiger partial charge on any atom is -0.491 e. The van der Waals surface area contributed by atoms with Gasteiger partial charge in [0.25, 0.3) is 0 Å². The first-order chi connectivity index (χ1) is 9.02. The molecule has 0 aliphatic heterocycles. The maximum Gasteiger partial charge on any atom is 0.322 e. The van der Waals surface area contributed by atoms with Crippen molar-refractivity contribution < 1.29 is 19.4 Å². The van der Waals surface area contributed by atoms with E-state index in [0.29, 0.717) is 10.8 Å². The number of hydrogen-bond acceptors (Lipinski definition) is 5. The van der Waals surface area contributed by atoms with E-state index < -0.39 is 12.1 Å². The van der Waals surface area contributed by atoms with Crippen LogP contribution in [0, 0.1) is 0 Å². The fourth-order valence-electron chi connectivity index (χ4n) is 1.38. The van der Waals surface area contributed by atoms with Gasteiger partial charge in [0.05, 0.1) is 7.11 Å². The van der Waals surface area contributed by atoms with Crippen molar-refractivity contribution in [2.45, 2.75) is 19.1 Å². The van der Waals surface area contributed by atoms with Gasteiger partial charge in [0.15, 0.2) is 0 Å². The molecule has 0 heterocycles. The van der Waals surface area contributed by atoms with Crippen molar-refractivity contribution in [2.24, 2.45) is 0 Å². The van der Waals surface area contributed by atoms with Crippen LogP contribution in [0.1, 0.15) is 6.92 Å². The Kier molecular flexibility index (Phi) is 6.62. The SMILES string of the molecule is COC(=O)C(C)NCC(O)COc1cccc(Cl)c1. The van der Waals surface area contributed by atoms with E-state index >= 15 is 0 Å². The molecule has 0 aliphatic carbocycles. The third-order valence-electron chi connectivity index (χ3n) is 2.45. The van der Waals surface area contributed by atoms with E-state index in [-0.39, 0.29) is 19.1 Å². The maximum atomic E-state index is 11.1. The molecule has 19 heavy (non-hydrogen) atoms. The van der Waals surface area contributed by atoms with Gasteiger partial charge in [-0.05, 0) is 25.1 Å². The molecule has 0 amide bonds. The van der Waals surface area contributed by atoms with Gasteiger partial charge in [0.2, 0.25) is 0 Å². The van der Waals surface area contributed by atoms with Crippen LogP contribution in [-0.4, -0.2) is 43.5 Å². The summed E-state index contributed by atoms with van der Waals surface area (Å²) >= 11 is 5.81. The molecule has 0 fully saturated rings. The molecular weight excluding hydrogens is 270 g/mol. The largest absolute Gasteiger partial charge is 0.491 e. The number of nitrogens with one attached hydrogen (secondary N) is 1. The highest BCUT2D eigenvalue weighted by Gasteiger charge is 2.14. The lowest BCUT2D eigenvalue weighted by Crippen LogP contribution is -2.41. The molecule has 0 spiro atoms. The van der Waals surface area contributed by atoms with E-state index in [1.165, 1.54) is 7.11 Å². The van der Waals surface area contributed by atoms with Crippen LogP contribution in [0.4, 0.5) is 0 Å². The number of carbonyl (C=O) groups excluding carboxylic acids is 1. The van der Waals surface area contributed by atoms with Gasteiger partial charge >= 0.3 is 5.97 Å². The Morgan fingerprint density at radius 2 is 2.26 bits per heavy atom. The zero-order chi connectivity index (χ0) is 14.3. The monoisotopic (exact) mass is 287 g/mol. The highest BCUT2D eigenvalue weighted by Crippen LogP contribution is 2.17. The van der Waals surface area contributed by atoms with E-state index in [1.54, 1.807) is 31.2 Å². The summed E-state index contributed by atoms with van der Waals surface area (Å²) in [4.78, 5) is 11.1. The normalized spacial score (nSPS) is 13.7. The highest BCUT2D eigenvalue weighted by atomic mass is 35.5. The summed E-state index contributed by atoms with van der Waals surface area (Å²) in [5.41, 5.74) is 0. The summed E-state index contributed by atoms with van der Waals surface area (Å²) in [6.45, 7) is 2.01. The molecular formula is C13H18ClNO4. The van der Waals surface area contributed by atoms with Crippen LogP contribution >= 0.6 is 11.6 Å². The lowest BCUT2D eigenvalue weighted by atomic mass is 10.3. The van der Waals surface area contributed by atoms with Gasteiger partial charge in [0.1, 0.15) is 24.5 Å². The fourth-order valence-corrected chi connectivity index (χ4v) is 1.56. The van der Waals surface area contributed by atoms with Crippen molar-refractivity contribution in [2.75, 3.05) is 20.3 Å². The Hall–Kier alpha value is -1.30. The number of methoxy groups -OCH3 is 1. The molecule has 2 unspecified atom stereocenters. The molecule has 0 saturated heterocycles. The van der Waals surface area contributed by atoms with Crippen molar-refractivity contribution in [1.29, 1.82) is 0 Å². The molecule has 1 rings (SSSR count). The van der Waals surface area contributed by atoms with Crippen LogP contribution in [-0.2, 0) is 9.53 Å². The molecule has 106 valence electrons. The second-order valence-electron chi connectivity index (χ2n) is 4.08. The lowest BCUT2D eigenvalue weighted by molar-refractivity contribution is -0.142. The quantitative estimate of drug-likeness (QED) is 0.739. The second-order valence-corrected chi connectivity index (χ2v) is 4.51. The van der Waals surface area contributed by atoms with Crippen molar-refractivity contribution in [3.8, 4) is 5.75 Å². The zero-order valence-corrected chi connectivity index (χ0v) is 11.7. The molecule has 2 atom stereocenters. The summed E-state index contributed by atoms with van der Waals surface area (Å²) in [6, 6.07) is 6.46. The number of halogens is 1. The molecule has 0 bridgehead atoms. The van der Waals surface area contributed by atoms with E-state index in [2.05, 4.69) is 10.1 Å². The molecule has 6 heteroatoms. The smallest absolute Gasteiger partial charge is 0.322 e. The molecule has 5 nitrogen and oxygen atoms in total. The van der Waals surface area contributed by atoms with Crippen molar-refractivity contribution in [3.05, 3.63) is 29.3 Å². The first kappa shape index (κ1) is 15.8. The topological polar surface area (TPSA) is 67.8 Å². The second kappa shape index (κ2) is 7.99. The molecule has 0 saturated carbocycles. The lowest BCUT2D eigenvalue weighted by Gasteiger charge is -2.16. The average Bonchev–Trinajstić information content (AvgIpc) is 2.41. The molecule has 2 N–H and O–H groups in total. The van der Waals surface area contributed by atoms with E-state index in [1.807, 2.05) is 0 Å². The van der Waals surface area contributed by atoms with Crippen LogP contribution < -0.4 is 10.1 Å². The van der Waals surface area contributed by atoms with Gasteiger partial charge in [-0.1, -0.05) is 17.7 Å². The average molecular weight is 288 g/mol. The predicted octanol–water partition coefficient (Wildman–Crippen LogP) is 1.23. The first-order valence-electron chi connectivity index (χ1n) is 5.90. The van der Waals surface area contributed by atoms with Gasteiger partial charge in [-0.25, -0.2) is 0 Å². The minimum absolute atomic E-state index is 0.112. The number of aliphatic hydroxyl groups excluding tert-OH is 1. The highest BCUT2D eigenvalue weighted by molar-refractivity contribution is 6.30. The number of aliphatic hydroxyl groups is 1. The van der Waals surface area contributed by atoms with Crippen LogP contribution in [0.3, 0.4) is 0 Å². The molecule has 0 radical (unpaired) electrons. The van der Waals surface area contributed by atoms with Crippen molar-refractivity contribution in [1.82, 2.24) is 5.32 Å². The predicted molar refractivity (Wildman–Crippen MR) is 72.4 cm³/mol. The Morgan fingerprint density at radius 3 is 2.89 bits per heavy atom. The number of hydrogen-bond donors (Lipinski definition) is 2. The Labute approximate surface area is 117 Å². The summed E-state index contributed by atoms with van der Waals surface area (Å²) in [6.07, 6.45) is -0.730. The van der Waals surface area contributed by atoms with E-state index in [4.69, 9.17) is 16.3 Å². The third kappa shape index (κ3) is 5.92. The third-order valence-corrected chi connectivity index (χ3v) is 2.69.